The molecule has 0 unspecified atom stereocenters. The fraction of sp³-hybridized carbons (Fsp3) is 0.435. The Labute approximate surface area is 174 Å². The number of aromatic nitrogens is 2. The molecular weight excluding hydrogens is 380 g/mol. The highest BCUT2D eigenvalue weighted by Crippen LogP contribution is 2.44. The fourth-order valence-electron chi connectivity index (χ4n) is 4.25. The molecule has 0 N–H and O–H groups in total. The van der Waals surface area contributed by atoms with E-state index in [-0.39, 0.29) is 11.1 Å². The van der Waals surface area contributed by atoms with Crippen LogP contribution in [0.1, 0.15) is 48.8 Å². The number of aryl methyl sites for hydroxylation is 2. The van der Waals surface area contributed by atoms with Crippen molar-refractivity contribution in [1.82, 2.24) is 9.13 Å². The van der Waals surface area contributed by atoms with E-state index in [2.05, 4.69) is 31.8 Å². The Bertz CT molecular complexity index is 1230. The first-order valence-electron chi connectivity index (χ1n) is 9.95. The Hall–Kier alpha value is -2.65. The summed E-state index contributed by atoms with van der Waals surface area (Å²) in [7, 11) is 3.55. The molecule has 5 nitrogen and oxygen atoms in total. The molecule has 0 aliphatic heterocycles. The van der Waals surface area contributed by atoms with Crippen LogP contribution in [0.2, 0.25) is 0 Å². The summed E-state index contributed by atoms with van der Waals surface area (Å²) in [6.07, 6.45) is 4.93. The van der Waals surface area contributed by atoms with Gasteiger partial charge in [-0.25, -0.2) is 9.79 Å². The topological polar surface area (TPSA) is 63.1 Å². The van der Waals surface area contributed by atoms with E-state index in [1.165, 1.54) is 10.4 Å². The molecule has 6 heteroatoms. The van der Waals surface area contributed by atoms with Crippen LogP contribution in [0, 0.1) is 22.7 Å². The second-order valence-corrected chi connectivity index (χ2v) is 10.1. The number of nitrogens with zero attached hydrogens (tertiary/aromatic N) is 4. The summed E-state index contributed by atoms with van der Waals surface area (Å²) < 4.78 is 3.28. The first kappa shape index (κ1) is 19.7. The SMILES string of the molecule is Cn1c(=O)n(C)c2cc(C=Nc3sc4c(c3C#N)CC[C@@H](C(C)(C)C)C4)ccc21. The molecule has 2 aromatic heterocycles. The number of imidazole rings is 1. The lowest BCUT2D eigenvalue weighted by Crippen LogP contribution is -2.26. The highest BCUT2D eigenvalue weighted by molar-refractivity contribution is 7.16. The largest absolute Gasteiger partial charge is 0.328 e. The van der Waals surface area contributed by atoms with Crippen LogP contribution in [0.4, 0.5) is 5.00 Å². The molecule has 1 aliphatic carbocycles. The number of nitriles is 1. The van der Waals surface area contributed by atoms with E-state index in [0.717, 1.165) is 46.4 Å². The van der Waals surface area contributed by atoms with Crippen LogP contribution in [0.3, 0.4) is 0 Å². The smallest absolute Gasteiger partial charge is 0.295 e. The van der Waals surface area contributed by atoms with Crippen LogP contribution >= 0.6 is 11.3 Å². The molecule has 0 radical (unpaired) electrons. The van der Waals surface area contributed by atoms with Gasteiger partial charge in [0.1, 0.15) is 11.1 Å². The highest BCUT2D eigenvalue weighted by Gasteiger charge is 2.32. The van der Waals surface area contributed by atoms with Crippen LogP contribution in [0.15, 0.2) is 28.0 Å². The molecule has 1 atom stereocenters. The zero-order valence-electron chi connectivity index (χ0n) is 17.6. The van der Waals surface area contributed by atoms with Gasteiger partial charge in [0.05, 0.1) is 16.6 Å². The lowest BCUT2D eigenvalue weighted by molar-refractivity contribution is 0.218. The number of hydrogen-bond acceptors (Lipinski definition) is 4. The molecule has 0 bridgehead atoms. The first-order valence-corrected chi connectivity index (χ1v) is 10.8. The minimum absolute atomic E-state index is 0.0415. The Morgan fingerprint density at radius 3 is 2.66 bits per heavy atom. The van der Waals surface area contributed by atoms with Gasteiger partial charge in [-0.15, -0.1) is 11.3 Å². The van der Waals surface area contributed by atoms with Crippen molar-refractivity contribution in [2.24, 2.45) is 30.4 Å². The van der Waals surface area contributed by atoms with Gasteiger partial charge in [-0.3, -0.25) is 9.13 Å². The second-order valence-electron chi connectivity index (χ2n) is 9.01. The van der Waals surface area contributed by atoms with Gasteiger partial charge in [0, 0.05) is 25.2 Å². The van der Waals surface area contributed by atoms with Gasteiger partial charge in [-0.1, -0.05) is 26.8 Å². The maximum absolute atomic E-state index is 12.1. The third-order valence-corrected chi connectivity index (χ3v) is 7.37. The van der Waals surface area contributed by atoms with Gasteiger partial charge < -0.3 is 0 Å². The van der Waals surface area contributed by atoms with Gasteiger partial charge >= 0.3 is 5.69 Å². The third-order valence-electron chi connectivity index (χ3n) is 6.21. The van der Waals surface area contributed by atoms with E-state index in [0.29, 0.717) is 5.92 Å². The van der Waals surface area contributed by atoms with E-state index in [9.17, 15) is 10.1 Å². The van der Waals surface area contributed by atoms with Crippen LogP contribution < -0.4 is 5.69 Å². The van der Waals surface area contributed by atoms with Crippen molar-refractivity contribution in [3.8, 4) is 6.07 Å². The average molecular weight is 407 g/mol. The van der Waals surface area contributed by atoms with Crippen LogP contribution in [0.25, 0.3) is 11.0 Å². The molecule has 0 saturated carbocycles. The summed E-state index contributed by atoms with van der Waals surface area (Å²) in [5.74, 6) is 0.638. The standard InChI is InChI=1S/C23H26N4OS/c1-23(2,3)15-7-8-16-17(12-24)21(29-20(16)11-15)25-13-14-6-9-18-19(10-14)27(5)22(28)26(18)4/h6,9-10,13,15H,7-8,11H2,1-5H3/t15-/m1/s1. The molecule has 3 aromatic rings. The summed E-state index contributed by atoms with van der Waals surface area (Å²) >= 11 is 1.66. The summed E-state index contributed by atoms with van der Waals surface area (Å²) in [6, 6.07) is 8.26. The number of hydrogen-bond donors (Lipinski definition) is 0. The predicted octanol–water partition coefficient (Wildman–Crippen LogP) is 4.71. The summed E-state index contributed by atoms with van der Waals surface area (Å²) in [6.45, 7) is 6.90. The van der Waals surface area contributed by atoms with Gasteiger partial charge in [0.15, 0.2) is 0 Å². The maximum atomic E-state index is 12.1. The minimum Gasteiger partial charge on any atom is -0.295 e. The second kappa shape index (κ2) is 7.00. The molecule has 0 amide bonds. The molecule has 0 spiro atoms. The van der Waals surface area contributed by atoms with Crippen molar-refractivity contribution >= 4 is 33.6 Å². The lowest BCUT2D eigenvalue weighted by Gasteiger charge is -2.33. The predicted molar refractivity (Wildman–Crippen MR) is 119 cm³/mol. The normalized spacial score (nSPS) is 17.0. The number of benzene rings is 1. The van der Waals surface area contributed by atoms with E-state index in [1.807, 2.05) is 18.2 Å². The quantitative estimate of drug-likeness (QED) is 0.579. The van der Waals surface area contributed by atoms with Crippen molar-refractivity contribution < 1.29 is 0 Å². The van der Waals surface area contributed by atoms with Crippen LogP contribution in [0.5, 0.6) is 0 Å². The molecular formula is C23H26N4OS. The zero-order chi connectivity index (χ0) is 20.9. The molecule has 0 saturated heterocycles. The Morgan fingerprint density at radius 2 is 1.97 bits per heavy atom. The van der Waals surface area contributed by atoms with Gasteiger partial charge in [0.2, 0.25) is 0 Å². The van der Waals surface area contributed by atoms with E-state index in [4.69, 9.17) is 0 Å². The maximum Gasteiger partial charge on any atom is 0.328 e. The van der Waals surface area contributed by atoms with E-state index < -0.39 is 0 Å². The number of fused-ring (bicyclic) bond motifs is 2. The molecule has 150 valence electrons. The van der Waals surface area contributed by atoms with Crippen molar-refractivity contribution in [2.45, 2.75) is 40.0 Å². The molecule has 1 aliphatic rings. The van der Waals surface area contributed by atoms with Crippen LogP contribution in [-0.4, -0.2) is 15.3 Å². The molecule has 1 aromatic carbocycles. The Morgan fingerprint density at radius 1 is 1.24 bits per heavy atom. The van der Waals surface area contributed by atoms with E-state index >= 15 is 0 Å². The number of thiophene rings is 1. The summed E-state index contributed by atoms with van der Waals surface area (Å²) in [5, 5.41) is 10.5. The third kappa shape index (κ3) is 3.34. The minimum atomic E-state index is -0.0415. The lowest BCUT2D eigenvalue weighted by atomic mass is 9.72. The van der Waals surface area contributed by atoms with Crippen molar-refractivity contribution in [3.05, 3.63) is 50.3 Å². The van der Waals surface area contributed by atoms with Crippen LogP contribution in [-0.2, 0) is 26.9 Å². The fourth-order valence-corrected chi connectivity index (χ4v) is 5.48. The number of aliphatic imine (C=N–C) groups is 1. The summed E-state index contributed by atoms with van der Waals surface area (Å²) in [4.78, 5) is 18.1. The number of rotatable bonds is 2. The van der Waals surface area contributed by atoms with Gasteiger partial charge in [-0.05, 0) is 53.9 Å². The Balaban J connectivity index is 1.69. The monoisotopic (exact) mass is 406 g/mol. The zero-order valence-corrected chi connectivity index (χ0v) is 18.4. The van der Waals surface area contributed by atoms with Crippen molar-refractivity contribution in [3.63, 3.8) is 0 Å². The molecule has 2 heterocycles. The van der Waals surface area contributed by atoms with Gasteiger partial charge in [0.25, 0.3) is 0 Å². The summed E-state index contributed by atoms with van der Waals surface area (Å²) in [5.41, 5.74) is 4.86. The Kier molecular flexibility index (Phi) is 4.74. The average Bonchev–Trinajstić information content (AvgIpc) is 3.15. The van der Waals surface area contributed by atoms with Crippen molar-refractivity contribution in [1.29, 1.82) is 5.26 Å². The first-order chi connectivity index (χ1) is 13.7. The molecule has 4 rings (SSSR count). The van der Waals surface area contributed by atoms with Gasteiger partial charge in [-0.2, -0.15) is 5.26 Å². The molecule has 0 fully saturated rings. The molecule has 29 heavy (non-hydrogen) atoms. The van der Waals surface area contributed by atoms with Crippen molar-refractivity contribution in [2.75, 3.05) is 0 Å². The van der Waals surface area contributed by atoms with E-state index in [1.54, 1.807) is 40.8 Å². The highest BCUT2D eigenvalue weighted by atomic mass is 32.1.